The van der Waals surface area contributed by atoms with Crippen molar-refractivity contribution in [3.05, 3.63) is 40.2 Å². The fourth-order valence-electron chi connectivity index (χ4n) is 2.68. The van der Waals surface area contributed by atoms with Gasteiger partial charge in [0.1, 0.15) is 5.75 Å². The molecule has 0 radical (unpaired) electrons. The van der Waals surface area contributed by atoms with E-state index < -0.39 is 0 Å². The number of hydrogen-bond donors (Lipinski definition) is 0. The third-order valence-electron chi connectivity index (χ3n) is 3.89. The molecule has 1 unspecified atom stereocenters. The molecule has 0 bridgehead atoms. The molecule has 22 heavy (non-hydrogen) atoms. The van der Waals surface area contributed by atoms with Crippen LogP contribution in [0.1, 0.15) is 56.4 Å². The van der Waals surface area contributed by atoms with E-state index in [1.165, 1.54) is 0 Å². The minimum absolute atomic E-state index is 0.258. The van der Waals surface area contributed by atoms with E-state index in [4.69, 9.17) is 16.3 Å². The van der Waals surface area contributed by atoms with E-state index in [0.29, 0.717) is 5.92 Å². The quantitative estimate of drug-likeness (QED) is 0.790. The van der Waals surface area contributed by atoms with Crippen LogP contribution in [0.2, 0.25) is 5.02 Å². The topological polar surface area (TPSA) is 39.9 Å². The van der Waals surface area contributed by atoms with Gasteiger partial charge in [0.25, 0.3) is 0 Å². The van der Waals surface area contributed by atoms with Crippen molar-refractivity contribution >= 4 is 11.6 Å². The summed E-state index contributed by atoms with van der Waals surface area (Å²) in [6.45, 7) is 9.35. The van der Waals surface area contributed by atoms with Gasteiger partial charge >= 0.3 is 0 Å². The number of ether oxygens (including phenoxy) is 1. The molecule has 1 aromatic heterocycles. The molecule has 0 fully saturated rings. The molecule has 0 aliphatic heterocycles. The summed E-state index contributed by atoms with van der Waals surface area (Å²) >= 11 is 6.31. The van der Waals surface area contributed by atoms with Gasteiger partial charge in [-0.05, 0) is 48.4 Å². The molecule has 4 nitrogen and oxygen atoms in total. The molecule has 0 spiro atoms. The molecule has 0 saturated carbocycles. The van der Waals surface area contributed by atoms with E-state index in [1.807, 2.05) is 23.0 Å². The van der Waals surface area contributed by atoms with Gasteiger partial charge in [-0.2, -0.15) is 0 Å². The molecule has 1 heterocycles. The zero-order valence-corrected chi connectivity index (χ0v) is 14.7. The number of rotatable bonds is 6. The van der Waals surface area contributed by atoms with Crippen molar-refractivity contribution in [1.82, 2.24) is 15.0 Å². The van der Waals surface area contributed by atoms with Crippen molar-refractivity contribution in [2.45, 2.75) is 52.5 Å². The number of aryl methyl sites for hydroxylation is 1. The van der Waals surface area contributed by atoms with Gasteiger partial charge in [-0.15, -0.1) is 5.10 Å². The Morgan fingerprint density at radius 1 is 1.23 bits per heavy atom. The summed E-state index contributed by atoms with van der Waals surface area (Å²) < 4.78 is 7.52. The SMILES string of the molecule is CCn1cc(CC(C)c2cc(Cl)cc(C(C)C)c2OC)nn1. The normalized spacial score (nSPS) is 12.7. The van der Waals surface area contributed by atoms with Crippen molar-refractivity contribution in [1.29, 1.82) is 0 Å². The summed E-state index contributed by atoms with van der Waals surface area (Å²) in [5.41, 5.74) is 3.27. The average molecular weight is 322 g/mol. The molecule has 5 heteroatoms. The number of nitrogens with zero attached hydrogens (tertiary/aromatic N) is 3. The van der Waals surface area contributed by atoms with Gasteiger partial charge in [-0.1, -0.05) is 37.6 Å². The van der Waals surface area contributed by atoms with Gasteiger partial charge in [0.2, 0.25) is 0 Å². The highest BCUT2D eigenvalue weighted by atomic mass is 35.5. The lowest BCUT2D eigenvalue weighted by atomic mass is 9.90. The van der Waals surface area contributed by atoms with Crippen LogP contribution < -0.4 is 4.74 Å². The first kappa shape index (κ1) is 16.8. The number of halogens is 1. The predicted octanol–water partition coefficient (Wildman–Crippen LogP) is 4.43. The monoisotopic (exact) mass is 321 g/mol. The first-order chi connectivity index (χ1) is 10.5. The lowest BCUT2D eigenvalue weighted by Crippen LogP contribution is -2.05. The molecule has 2 rings (SSSR count). The number of benzene rings is 1. The Balaban J connectivity index is 2.33. The third-order valence-corrected chi connectivity index (χ3v) is 4.11. The highest BCUT2D eigenvalue weighted by Crippen LogP contribution is 2.38. The second-order valence-electron chi connectivity index (χ2n) is 5.94. The van der Waals surface area contributed by atoms with Crippen molar-refractivity contribution in [2.24, 2.45) is 0 Å². The number of methoxy groups -OCH3 is 1. The summed E-state index contributed by atoms with van der Waals surface area (Å²) in [4.78, 5) is 0. The van der Waals surface area contributed by atoms with E-state index in [1.54, 1.807) is 7.11 Å². The molecule has 1 atom stereocenters. The fraction of sp³-hybridized carbons (Fsp3) is 0.529. The van der Waals surface area contributed by atoms with Crippen LogP contribution in [-0.4, -0.2) is 22.1 Å². The predicted molar refractivity (Wildman–Crippen MR) is 89.9 cm³/mol. The Morgan fingerprint density at radius 2 is 1.91 bits per heavy atom. The molecule has 2 aromatic rings. The third kappa shape index (κ3) is 3.61. The van der Waals surface area contributed by atoms with Gasteiger partial charge < -0.3 is 4.74 Å². The lowest BCUT2D eigenvalue weighted by molar-refractivity contribution is 0.399. The molecule has 0 aliphatic carbocycles. The van der Waals surface area contributed by atoms with Crippen LogP contribution in [0.25, 0.3) is 0 Å². The summed E-state index contributed by atoms with van der Waals surface area (Å²) in [6, 6.07) is 4.00. The Morgan fingerprint density at radius 3 is 2.45 bits per heavy atom. The second-order valence-corrected chi connectivity index (χ2v) is 6.38. The first-order valence-corrected chi connectivity index (χ1v) is 8.10. The van der Waals surface area contributed by atoms with Crippen LogP contribution in [0.4, 0.5) is 0 Å². The Kier molecular flexibility index (Phi) is 5.46. The van der Waals surface area contributed by atoms with Gasteiger partial charge in [-0.3, -0.25) is 4.68 Å². The lowest BCUT2D eigenvalue weighted by Gasteiger charge is -2.20. The minimum atomic E-state index is 0.258. The molecular weight excluding hydrogens is 298 g/mol. The fourth-order valence-corrected chi connectivity index (χ4v) is 2.91. The van der Waals surface area contributed by atoms with Gasteiger partial charge in [0.15, 0.2) is 0 Å². The van der Waals surface area contributed by atoms with E-state index >= 15 is 0 Å². The van der Waals surface area contributed by atoms with Gasteiger partial charge in [0, 0.05) is 17.8 Å². The Hall–Kier alpha value is -1.55. The maximum absolute atomic E-state index is 6.31. The summed E-state index contributed by atoms with van der Waals surface area (Å²) in [7, 11) is 1.72. The molecule has 0 N–H and O–H groups in total. The average Bonchev–Trinajstić information content (AvgIpc) is 2.93. The van der Waals surface area contributed by atoms with E-state index in [9.17, 15) is 0 Å². The van der Waals surface area contributed by atoms with E-state index in [2.05, 4.69) is 38.0 Å². The number of aromatic nitrogens is 3. The van der Waals surface area contributed by atoms with Gasteiger partial charge in [0.05, 0.1) is 12.8 Å². The molecular formula is C17H24ClN3O. The largest absolute Gasteiger partial charge is 0.496 e. The maximum Gasteiger partial charge on any atom is 0.125 e. The van der Waals surface area contributed by atoms with Crippen molar-refractivity contribution < 1.29 is 4.74 Å². The second kappa shape index (κ2) is 7.14. The minimum Gasteiger partial charge on any atom is -0.496 e. The van der Waals surface area contributed by atoms with Crippen LogP contribution in [0.15, 0.2) is 18.3 Å². The van der Waals surface area contributed by atoms with Crippen LogP contribution in [-0.2, 0) is 13.0 Å². The van der Waals surface area contributed by atoms with E-state index in [0.717, 1.165) is 40.6 Å². The van der Waals surface area contributed by atoms with Crippen LogP contribution >= 0.6 is 11.6 Å². The zero-order chi connectivity index (χ0) is 16.3. The zero-order valence-electron chi connectivity index (χ0n) is 13.9. The number of hydrogen-bond acceptors (Lipinski definition) is 3. The Bertz CT molecular complexity index is 637. The smallest absolute Gasteiger partial charge is 0.125 e. The Labute approximate surface area is 137 Å². The molecule has 0 amide bonds. The first-order valence-electron chi connectivity index (χ1n) is 7.72. The highest BCUT2D eigenvalue weighted by Gasteiger charge is 2.19. The van der Waals surface area contributed by atoms with Crippen molar-refractivity contribution in [2.75, 3.05) is 7.11 Å². The summed E-state index contributed by atoms with van der Waals surface area (Å²) in [5.74, 6) is 1.56. The van der Waals surface area contributed by atoms with Crippen LogP contribution in [0.5, 0.6) is 5.75 Å². The van der Waals surface area contributed by atoms with E-state index in [-0.39, 0.29) is 5.92 Å². The van der Waals surface area contributed by atoms with Crippen molar-refractivity contribution in [3.8, 4) is 5.75 Å². The molecule has 0 aliphatic rings. The molecule has 120 valence electrons. The van der Waals surface area contributed by atoms with Crippen LogP contribution in [0.3, 0.4) is 0 Å². The van der Waals surface area contributed by atoms with Crippen LogP contribution in [0, 0.1) is 0 Å². The van der Waals surface area contributed by atoms with Gasteiger partial charge in [-0.25, -0.2) is 0 Å². The van der Waals surface area contributed by atoms with Crippen molar-refractivity contribution in [3.63, 3.8) is 0 Å². The standard InChI is InChI=1S/C17H24ClN3O/c1-6-21-10-14(19-20-21)7-12(4)16-9-13(18)8-15(11(2)3)17(16)22-5/h8-12H,6-7H2,1-5H3. The molecule has 0 saturated heterocycles. The molecule has 1 aromatic carbocycles. The summed E-state index contributed by atoms with van der Waals surface area (Å²) in [5, 5.41) is 9.08. The maximum atomic E-state index is 6.31. The summed E-state index contributed by atoms with van der Waals surface area (Å²) in [6.07, 6.45) is 2.81. The highest BCUT2D eigenvalue weighted by molar-refractivity contribution is 6.30.